The Morgan fingerprint density at radius 3 is 2.33 bits per heavy atom. The molecule has 2 N–H and O–H groups in total. The molecule has 2 aromatic rings. The lowest BCUT2D eigenvalue weighted by Gasteiger charge is -2.16. The average Bonchev–Trinajstić information content (AvgIpc) is 3.33. The van der Waals surface area contributed by atoms with E-state index in [1.807, 2.05) is 43.3 Å². The van der Waals surface area contributed by atoms with Gasteiger partial charge in [-0.3, -0.25) is 9.59 Å². The molecule has 2 aromatic carbocycles. The summed E-state index contributed by atoms with van der Waals surface area (Å²) in [5.74, 6) is 0.318. The van der Waals surface area contributed by atoms with Gasteiger partial charge in [-0.25, -0.2) is 0 Å². The number of rotatable bonds is 5. The smallest absolute Gasteiger partial charge is 0.253 e. The van der Waals surface area contributed by atoms with E-state index < -0.39 is 0 Å². The van der Waals surface area contributed by atoms with E-state index in [0.29, 0.717) is 17.2 Å². The summed E-state index contributed by atoms with van der Waals surface area (Å²) in [4.78, 5) is 24.8. The van der Waals surface area contributed by atoms with Crippen molar-refractivity contribution in [3.8, 4) is 0 Å². The van der Waals surface area contributed by atoms with Crippen LogP contribution in [0, 0.1) is 11.8 Å². The van der Waals surface area contributed by atoms with Crippen LogP contribution in [0.25, 0.3) is 0 Å². The molecule has 0 bridgehead atoms. The van der Waals surface area contributed by atoms with E-state index in [1.165, 1.54) is 0 Å². The van der Waals surface area contributed by atoms with Crippen molar-refractivity contribution in [1.82, 2.24) is 5.32 Å². The Balaban J connectivity index is 1.71. The summed E-state index contributed by atoms with van der Waals surface area (Å²) in [5.41, 5.74) is 2.10. The van der Waals surface area contributed by atoms with Gasteiger partial charge in [0.15, 0.2) is 0 Å². The van der Waals surface area contributed by atoms with Crippen LogP contribution in [0.1, 0.15) is 42.2 Å². The Morgan fingerprint density at radius 1 is 1.04 bits per heavy atom. The molecule has 3 rings (SSSR count). The first-order valence-electron chi connectivity index (χ1n) is 8.32. The van der Waals surface area contributed by atoms with Gasteiger partial charge in [0, 0.05) is 5.92 Å². The SMILES string of the molecule is C[C@H](NC(=O)c1ccccc1NC(=O)[C@H]1C[C@@H]1C)c1ccccc1. The molecule has 0 unspecified atom stereocenters. The Morgan fingerprint density at radius 2 is 1.67 bits per heavy atom. The zero-order chi connectivity index (χ0) is 17.1. The monoisotopic (exact) mass is 322 g/mol. The van der Waals surface area contributed by atoms with E-state index >= 15 is 0 Å². The van der Waals surface area contributed by atoms with Crippen LogP contribution in [0.2, 0.25) is 0 Å². The van der Waals surface area contributed by atoms with Crippen LogP contribution in [-0.2, 0) is 4.79 Å². The van der Waals surface area contributed by atoms with Crippen molar-refractivity contribution < 1.29 is 9.59 Å². The zero-order valence-corrected chi connectivity index (χ0v) is 14.0. The summed E-state index contributed by atoms with van der Waals surface area (Å²) >= 11 is 0. The average molecular weight is 322 g/mol. The van der Waals surface area contributed by atoms with Gasteiger partial charge in [0.1, 0.15) is 0 Å². The lowest BCUT2D eigenvalue weighted by Crippen LogP contribution is -2.28. The summed E-state index contributed by atoms with van der Waals surface area (Å²) in [6.45, 7) is 4.00. The molecule has 4 nitrogen and oxygen atoms in total. The van der Waals surface area contributed by atoms with Gasteiger partial charge in [-0.1, -0.05) is 49.4 Å². The normalized spacial score (nSPS) is 20.1. The third kappa shape index (κ3) is 3.65. The van der Waals surface area contributed by atoms with Gasteiger partial charge in [0.25, 0.3) is 5.91 Å². The summed E-state index contributed by atoms with van der Waals surface area (Å²) < 4.78 is 0. The molecule has 0 radical (unpaired) electrons. The molecule has 3 atom stereocenters. The van der Waals surface area contributed by atoms with E-state index in [1.54, 1.807) is 18.2 Å². The van der Waals surface area contributed by atoms with Crippen molar-refractivity contribution in [3.05, 3.63) is 65.7 Å². The van der Waals surface area contributed by atoms with Crippen molar-refractivity contribution in [2.45, 2.75) is 26.3 Å². The Kier molecular flexibility index (Phi) is 4.65. The molecule has 2 amide bonds. The van der Waals surface area contributed by atoms with Crippen LogP contribution >= 0.6 is 0 Å². The summed E-state index contributed by atoms with van der Waals surface area (Å²) in [6.07, 6.45) is 0.922. The Hall–Kier alpha value is -2.62. The number of hydrogen-bond acceptors (Lipinski definition) is 2. The van der Waals surface area contributed by atoms with Crippen LogP contribution in [0.3, 0.4) is 0 Å². The number of para-hydroxylation sites is 1. The van der Waals surface area contributed by atoms with E-state index in [9.17, 15) is 9.59 Å². The van der Waals surface area contributed by atoms with Gasteiger partial charge < -0.3 is 10.6 Å². The lowest BCUT2D eigenvalue weighted by atomic mass is 10.1. The van der Waals surface area contributed by atoms with Gasteiger partial charge in [-0.05, 0) is 37.0 Å². The van der Waals surface area contributed by atoms with Crippen LogP contribution < -0.4 is 10.6 Å². The van der Waals surface area contributed by atoms with Crippen molar-refractivity contribution >= 4 is 17.5 Å². The highest BCUT2D eigenvalue weighted by Gasteiger charge is 2.39. The first-order chi connectivity index (χ1) is 11.6. The van der Waals surface area contributed by atoms with Gasteiger partial charge in [-0.15, -0.1) is 0 Å². The minimum Gasteiger partial charge on any atom is -0.345 e. The second-order valence-electron chi connectivity index (χ2n) is 6.46. The zero-order valence-electron chi connectivity index (χ0n) is 14.0. The highest BCUT2D eigenvalue weighted by Crippen LogP contribution is 2.38. The number of nitrogens with one attached hydrogen (secondary N) is 2. The Bertz CT molecular complexity index is 742. The van der Waals surface area contributed by atoms with E-state index in [4.69, 9.17) is 0 Å². The van der Waals surface area contributed by atoms with Gasteiger partial charge in [0.2, 0.25) is 5.91 Å². The molecule has 0 aromatic heterocycles. The third-order valence-electron chi connectivity index (χ3n) is 4.52. The molecule has 1 aliphatic rings. The first-order valence-corrected chi connectivity index (χ1v) is 8.32. The molecule has 124 valence electrons. The fourth-order valence-corrected chi connectivity index (χ4v) is 2.80. The molecule has 24 heavy (non-hydrogen) atoms. The molecular formula is C20H22N2O2. The first kappa shape index (κ1) is 16.2. The van der Waals surface area contributed by atoms with Gasteiger partial charge in [-0.2, -0.15) is 0 Å². The standard InChI is InChI=1S/C20H22N2O2/c1-13-12-17(13)20(24)22-18-11-7-6-10-16(18)19(23)21-14(2)15-8-4-3-5-9-15/h3-11,13-14,17H,12H2,1-2H3,(H,21,23)(H,22,24)/t13-,14-,17-/m0/s1. The minimum absolute atomic E-state index is 0.00106. The van der Waals surface area contributed by atoms with Crippen molar-refractivity contribution in [2.75, 3.05) is 5.32 Å². The maximum Gasteiger partial charge on any atom is 0.253 e. The maximum atomic E-state index is 12.6. The topological polar surface area (TPSA) is 58.2 Å². The number of carbonyl (C=O) groups excluding carboxylic acids is 2. The quantitative estimate of drug-likeness (QED) is 0.880. The van der Waals surface area contributed by atoms with Crippen molar-refractivity contribution in [2.24, 2.45) is 11.8 Å². The Labute approximate surface area is 142 Å². The number of anilines is 1. The molecule has 1 saturated carbocycles. The van der Waals surface area contributed by atoms with Gasteiger partial charge in [0.05, 0.1) is 17.3 Å². The summed E-state index contributed by atoms with van der Waals surface area (Å²) in [7, 11) is 0. The minimum atomic E-state index is -0.189. The fourth-order valence-electron chi connectivity index (χ4n) is 2.80. The van der Waals surface area contributed by atoms with Gasteiger partial charge >= 0.3 is 0 Å². The fraction of sp³-hybridized carbons (Fsp3) is 0.300. The molecule has 0 aliphatic heterocycles. The van der Waals surface area contributed by atoms with E-state index in [2.05, 4.69) is 17.6 Å². The molecule has 0 spiro atoms. The number of benzene rings is 2. The summed E-state index contributed by atoms with van der Waals surface area (Å²) in [6, 6.07) is 16.8. The van der Waals surface area contributed by atoms with E-state index in [0.717, 1.165) is 12.0 Å². The summed E-state index contributed by atoms with van der Waals surface area (Å²) in [5, 5.41) is 5.89. The second kappa shape index (κ2) is 6.87. The highest BCUT2D eigenvalue weighted by molar-refractivity contribution is 6.04. The van der Waals surface area contributed by atoms with Crippen molar-refractivity contribution in [3.63, 3.8) is 0 Å². The molecule has 1 aliphatic carbocycles. The third-order valence-corrected chi connectivity index (χ3v) is 4.52. The number of hydrogen-bond donors (Lipinski definition) is 2. The van der Waals surface area contributed by atoms with Crippen LogP contribution in [0.15, 0.2) is 54.6 Å². The van der Waals surface area contributed by atoms with Crippen LogP contribution in [0.4, 0.5) is 5.69 Å². The van der Waals surface area contributed by atoms with E-state index in [-0.39, 0.29) is 23.8 Å². The largest absolute Gasteiger partial charge is 0.345 e. The lowest BCUT2D eigenvalue weighted by molar-refractivity contribution is -0.117. The van der Waals surface area contributed by atoms with Crippen LogP contribution in [0.5, 0.6) is 0 Å². The predicted molar refractivity (Wildman–Crippen MR) is 94.7 cm³/mol. The molecule has 0 heterocycles. The highest BCUT2D eigenvalue weighted by atomic mass is 16.2. The molecule has 0 saturated heterocycles. The molecule has 1 fully saturated rings. The number of amides is 2. The second-order valence-corrected chi connectivity index (χ2v) is 6.46. The predicted octanol–water partition coefficient (Wildman–Crippen LogP) is 3.77. The molecule has 4 heteroatoms. The van der Waals surface area contributed by atoms with Crippen LogP contribution in [-0.4, -0.2) is 11.8 Å². The van der Waals surface area contributed by atoms with Crippen molar-refractivity contribution in [1.29, 1.82) is 0 Å². The molecular weight excluding hydrogens is 300 g/mol. The maximum absolute atomic E-state index is 12.6. The number of carbonyl (C=O) groups is 2.